The number of benzene rings is 1. The molecule has 1 aromatic carbocycles. The minimum atomic E-state index is -0.224. The molecule has 9 heteroatoms. The van der Waals surface area contributed by atoms with Crippen LogP contribution in [-0.2, 0) is 6.54 Å². The monoisotopic (exact) mass is 449 g/mol. The van der Waals surface area contributed by atoms with Gasteiger partial charge in [0.25, 0.3) is 5.91 Å². The first-order valence-corrected chi connectivity index (χ1v) is 11.4. The number of fused-ring (bicyclic) bond motifs is 1. The maximum atomic E-state index is 13.4. The van der Waals surface area contributed by atoms with Crippen molar-refractivity contribution in [2.75, 3.05) is 43.5 Å². The first-order valence-electron chi connectivity index (χ1n) is 11.4. The molecule has 3 heterocycles. The van der Waals surface area contributed by atoms with Crippen molar-refractivity contribution < 1.29 is 9.53 Å². The predicted octanol–water partition coefficient (Wildman–Crippen LogP) is 2.16. The number of imidazole rings is 1. The van der Waals surface area contributed by atoms with Crippen LogP contribution in [-0.4, -0.2) is 60.5 Å². The standard InChI is InChI=1S/C24H31N7O2/c1-3-4-13-31-21(22(26-2)29-24(31)30-12-7-8-17(25)16-30)23(32)27-15-18-11-14-33-20-10-6-5-9-19(20)28-18/h5-6,9-10,17,26H,7-8,11-16,25H2,1-2H3,(H,27,32). The van der Waals surface area contributed by atoms with E-state index in [1.165, 1.54) is 0 Å². The summed E-state index contributed by atoms with van der Waals surface area (Å²) in [6, 6.07) is 7.76. The van der Waals surface area contributed by atoms with Crippen LogP contribution in [0.4, 0.5) is 17.5 Å². The predicted molar refractivity (Wildman–Crippen MR) is 131 cm³/mol. The zero-order chi connectivity index (χ0) is 23.2. The number of aromatic nitrogens is 2. The van der Waals surface area contributed by atoms with Gasteiger partial charge in [-0.15, -0.1) is 5.92 Å². The SMILES string of the molecule is CC#CCn1c(N2CCCC(N)C2)nc(NC)c1C(=O)NCC1=Nc2ccccc2OCC1. The Bertz CT molecular complexity index is 1100. The third-order valence-electron chi connectivity index (χ3n) is 5.80. The molecule has 2 aliphatic rings. The lowest BCUT2D eigenvalue weighted by molar-refractivity contribution is 0.0951. The summed E-state index contributed by atoms with van der Waals surface area (Å²) in [6.45, 7) is 4.57. The molecule has 4 N–H and O–H groups in total. The van der Waals surface area contributed by atoms with Crippen LogP contribution in [0.3, 0.4) is 0 Å². The van der Waals surface area contributed by atoms with Gasteiger partial charge in [0.15, 0.2) is 11.5 Å². The van der Waals surface area contributed by atoms with Gasteiger partial charge in [0, 0.05) is 38.3 Å². The van der Waals surface area contributed by atoms with E-state index in [-0.39, 0.29) is 11.9 Å². The summed E-state index contributed by atoms with van der Waals surface area (Å²) in [5.41, 5.74) is 8.30. The van der Waals surface area contributed by atoms with Gasteiger partial charge in [-0.1, -0.05) is 18.1 Å². The number of para-hydroxylation sites is 2. The Hall–Kier alpha value is -3.51. The number of amides is 1. The Kier molecular flexibility index (Phi) is 7.15. The lowest BCUT2D eigenvalue weighted by atomic mass is 10.1. The maximum Gasteiger partial charge on any atom is 0.272 e. The molecule has 33 heavy (non-hydrogen) atoms. The largest absolute Gasteiger partial charge is 0.491 e. The molecule has 2 aliphatic heterocycles. The number of nitrogens with zero attached hydrogens (tertiary/aromatic N) is 4. The van der Waals surface area contributed by atoms with Gasteiger partial charge in [0.05, 0.1) is 19.7 Å². The summed E-state index contributed by atoms with van der Waals surface area (Å²) in [6.07, 6.45) is 2.63. The van der Waals surface area contributed by atoms with E-state index >= 15 is 0 Å². The minimum absolute atomic E-state index is 0.0924. The highest BCUT2D eigenvalue weighted by Gasteiger charge is 2.28. The number of hydrogen-bond donors (Lipinski definition) is 3. The van der Waals surface area contributed by atoms with Crippen LogP contribution < -0.4 is 26.0 Å². The summed E-state index contributed by atoms with van der Waals surface area (Å²) < 4.78 is 7.64. The van der Waals surface area contributed by atoms with E-state index in [0.717, 1.165) is 42.5 Å². The number of rotatable bonds is 6. The molecular formula is C24H31N7O2. The van der Waals surface area contributed by atoms with Crippen LogP contribution >= 0.6 is 0 Å². The quantitative estimate of drug-likeness (QED) is 0.583. The molecule has 1 atom stereocenters. The zero-order valence-corrected chi connectivity index (χ0v) is 19.2. The summed E-state index contributed by atoms with van der Waals surface area (Å²) in [7, 11) is 1.77. The molecule has 1 aromatic heterocycles. The molecule has 1 saturated heterocycles. The molecule has 0 aliphatic carbocycles. The van der Waals surface area contributed by atoms with Gasteiger partial charge in [-0.2, -0.15) is 4.98 Å². The van der Waals surface area contributed by atoms with Gasteiger partial charge in [0.1, 0.15) is 11.4 Å². The molecule has 1 unspecified atom stereocenters. The second-order valence-electron chi connectivity index (χ2n) is 8.15. The molecule has 1 amide bonds. The Balaban J connectivity index is 1.58. The average Bonchev–Trinajstić information content (AvgIpc) is 3.07. The lowest BCUT2D eigenvalue weighted by Crippen LogP contribution is -2.44. The molecule has 1 fully saturated rings. The van der Waals surface area contributed by atoms with E-state index in [2.05, 4.69) is 27.4 Å². The van der Waals surface area contributed by atoms with Gasteiger partial charge < -0.3 is 26.0 Å². The Labute approximate surface area is 194 Å². The smallest absolute Gasteiger partial charge is 0.272 e. The number of aliphatic imine (C=N–C) groups is 1. The van der Waals surface area contributed by atoms with Crippen LogP contribution in [0.25, 0.3) is 0 Å². The van der Waals surface area contributed by atoms with Crippen LogP contribution in [0, 0.1) is 11.8 Å². The number of hydrogen-bond acceptors (Lipinski definition) is 7. The highest BCUT2D eigenvalue weighted by molar-refractivity contribution is 6.01. The molecule has 2 aromatic rings. The van der Waals surface area contributed by atoms with Crippen molar-refractivity contribution in [1.29, 1.82) is 0 Å². The Morgan fingerprint density at radius 1 is 1.36 bits per heavy atom. The zero-order valence-electron chi connectivity index (χ0n) is 19.2. The van der Waals surface area contributed by atoms with Crippen molar-refractivity contribution >= 4 is 29.1 Å². The summed E-state index contributed by atoms with van der Waals surface area (Å²) in [4.78, 5) is 24.9. The number of ether oxygens (including phenoxy) is 1. The van der Waals surface area contributed by atoms with Crippen molar-refractivity contribution in [3.8, 4) is 17.6 Å². The first-order chi connectivity index (χ1) is 16.1. The summed E-state index contributed by atoms with van der Waals surface area (Å²) >= 11 is 0. The van der Waals surface area contributed by atoms with Crippen molar-refractivity contribution in [3.63, 3.8) is 0 Å². The van der Waals surface area contributed by atoms with Crippen molar-refractivity contribution in [2.45, 2.75) is 38.8 Å². The highest BCUT2D eigenvalue weighted by atomic mass is 16.5. The lowest BCUT2D eigenvalue weighted by Gasteiger charge is -2.31. The minimum Gasteiger partial charge on any atom is -0.491 e. The van der Waals surface area contributed by atoms with E-state index in [4.69, 9.17) is 20.4 Å². The van der Waals surface area contributed by atoms with E-state index in [9.17, 15) is 4.79 Å². The number of nitrogens with one attached hydrogen (secondary N) is 2. The fourth-order valence-corrected chi connectivity index (χ4v) is 4.16. The normalized spacial score (nSPS) is 17.6. The summed E-state index contributed by atoms with van der Waals surface area (Å²) in [5.74, 6) is 7.78. The number of carbonyl (C=O) groups excluding carboxylic acids is 1. The summed E-state index contributed by atoms with van der Waals surface area (Å²) in [5, 5.41) is 6.10. The van der Waals surface area contributed by atoms with Gasteiger partial charge in [-0.05, 0) is 31.9 Å². The molecule has 9 nitrogen and oxygen atoms in total. The number of nitrogens with two attached hydrogens (primary N) is 1. The average molecular weight is 450 g/mol. The van der Waals surface area contributed by atoms with Crippen LogP contribution in [0.5, 0.6) is 5.75 Å². The van der Waals surface area contributed by atoms with E-state index in [0.29, 0.717) is 44.2 Å². The molecule has 0 spiro atoms. The van der Waals surface area contributed by atoms with E-state index in [1.807, 2.05) is 28.8 Å². The molecular weight excluding hydrogens is 418 g/mol. The molecule has 0 radical (unpaired) electrons. The molecule has 174 valence electrons. The fourth-order valence-electron chi connectivity index (χ4n) is 4.16. The van der Waals surface area contributed by atoms with Crippen LogP contribution in [0.15, 0.2) is 29.3 Å². The maximum absolute atomic E-state index is 13.4. The third-order valence-corrected chi connectivity index (χ3v) is 5.80. The molecule has 0 bridgehead atoms. The number of piperidine rings is 1. The number of anilines is 2. The topological polar surface area (TPSA) is 110 Å². The third kappa shape index (κ3) is 5.12. The van der Waals surface area contributed by atoms with E-state index in [1.54, 1.807) is 14.0 Å². The van der Waals surface area contributed by atoms with Gasteiger partial charge in [-0.25, -0.2) is 0 Å². The van der Waals surface area contributed by atoms with E-state index < -0.39 is 0 Å². The second-order valence-corrected chi connectivity index (χ2v) is 8.15. The van der Waals surface area contributed by atoms with Crippen molar-refractivity contribution in [3.05, 3.63) is 30.0 Å². The second kappa shape index (κ2) is 10.4. The number of carbonyl (C=O) groups is 1. The molecule has 0 saturated carbocycles. The highest BCUT2D eigenvalue weighted by Crippen LogP contribution is 2.29. The first kappa shape index (κ1) is 22.7. The van der Waals surface area contributed by atoms with Gasteiger partial charge in [-0.3, -0.25) is 14.4 Å². The molecule has 4 rings (SSSR count). The van der Waals surface area contributed by atoms with Crippen LogP contribution in [0.1, 0.15) is 36.7 Å². The van der Waals surface area contributed by atoms with Gasteiger partial charge >= 0.3 is 0 Å². The Morgan fingerprint density at radius 3 is 3.00 bits per heavy atom. The Morgan fingerprint density at radius 2 is 2.21 bits per heavy atom. The van der Waals surface area contributed by atoms with Crippen LogP contribution in [0.2, 0.25) is 0 Å². The van der Waals surface area contributed by atoms with Gasteiger partial charge in [0.2, 0.25) is 5.95 Å². The van der Waals surface area contributed by atoms with Crippen molar-refractivity contribution in [2.24, 2.45) is 10.7 Å². The fraction of sp³-hybridized carbons (Fsp3) is 0.458. The van der Waals surface area contributed by atoms with Crippen molar-refractivity contribution in [1.82, 2.24) is 14.9 Å².